The monoisotopic (exact) mass is 989 g/mol. The van der Waals surface area contributed by atoms with Crippen molar-refractivity contribution in [1.82, 2.24) is 5.32 Å². The molecular formula is C37H59N5O26. The number of allylic oxidation sites excluding steroid dienone is 2. The number of hydrogen-bond donors (Lipinski definition) is 17. The van der Waals surface area contributed by atoms with Crippen molar-refractivity contribution in [2.24, 2.45) is 22.9 Å². The number of Topliss-reactive ketones (excluding diaryl/α,β-unsaturated/α-hetero) is 1. The Morgan fingerprint density at radius 3 is 1.85 bits per heavy atom. The number of nitrogens with one attached hydrogen (secondary N) is 1. The first-order chi connectivity index (χ1) is 31.8. The number of ketones is 1. The lowest BCUT2D eigenvalue weighted by Gasteiger charge is -2.50. The fourth-order valence-corrected chi connectivity index (χ4v) is 8.52. The average molecular weight is 990 g/mol. The number of nitrogens with two attached hydrogens (primary N) is 4. The summed E-state index contributed by atoms with van der Waals surface area (Å²) in [5, 5.41) is 130. The van der Waals surface area contributed by atoms with E-state index in [2.05, 4.69) is 5.32 Å². The molecule has 5 aliphatic heterocycles. The Morgan fingerprint density at radius 1 is 0.706 bits per heavy atom. The van der Waals surface area contributed by atoms with Crippen LogP contribution in [0.5, 0.6) is 0 Å². The zero-order valence-corrected chi connectivity index (χ0v) is 36.1. The quantitative estimate of drug-likeness (QED) is 0.0768. The first-order valence-electron chi connectivity index (χ1n) is 21.1. The van der Waals surface area contributed by atoms with Crippen molar-refractivity contribution in [2.75, 3.05) is 13.2 Å². The number of carbonyl (C=O) groups excluding carboxylic acids is 4. The molecule has 0 saturated carbocycles. The van der Waals surface area contributed by atoms with E-state index in [4.69, 9.17) is 70.3 Å². The zero-order valence-electron chi connectivity index (χ0n) is 36.1. The van der Waals surface area contributed by atoms with Crippen molar-refractivity contribution in [3.05, 3.63) is 11.5 Å². The number of aliphatic hydroxyl groups is 12. The summed E-state index contributed by atoms with van der Waals surface area (Å²) in [5.41, 5.74) is 20.3. The fraction of sp³-hybridized carbons (Fsp3) is 0.838. The summed E-state index contributed by atoms with van der Waals surface area (Å²) < 4.78 is 56.3. The maximum atomic E-state index is 13.1. The minimum atomic E-state index is -2.54. The highest BCUT2D eigenvalue weighted by molar-refractivity contribution is 6.02. The highest BCUT2D eigenvalue weighted by atomic mass is 16.8. The highest BCUT2D eigenvalue weighted by Crippen LogP contribution is 2.37. The molecule has 0 aromatic heterocycles. The number of carbonyl (C=O) groups is 4. The lowest BCUT2D eigenvalue weighted by Crippen LogP contribution is -2.72. The van der Waals surface area contributed by atoms with Crippen LogP contribution in [-0.2, 0) is 61.8 Å². The lowest BCUT2D eigenvalue weighted by molar-refractivity contribution is -0.374. The van der Waals surface area contributed by atoms with Gasteiger partial charge in [-0.25, -0.2) is 4.79 Å². The number of hydrogen-bond acceptors (Lipinski definition) is 28. The maximum absolute atomic E-state index is 13.1. The van der Waals surface area contributed by atoms with Crippen LogP contribution in [0.15, 0.2) is 11.5 Å². The van der Waals surface area contributed by atoms with Crippen LogP contribution >= 0.6 is 0 Å². The predicted octanol–water partition coefficient (Wildman–Crippen LogP) is -10.7. The molecule has 68 heavy (non-hydrogen) atoms. The standard InChI is InChI=1S/C37H59N5O26/c1-7-23(63-35-22(53)19(50)20(51)25(65-35)30(55)42-14-8(44)3-4-9(14)45)16(47)12(38)32(60-7)64-24-11(6-59-34-21(52)18(49)15(46)10(5-43)61-34)62-33(13(39)17(24)48)66-26-27(68-36(41)57)37(2,58)28(29(40)54)67-31(26)56/h7,10-13,15-28,31-35,43-44,46-53,56,58H,3-6,38-39H2,1-2H3,(H2,40,54)(H2,41,57)(H,42,55). The Morgan fingerprint density at radius 2 is 1.26 bits per heavy atom. The third-order valence-corrected chi connectivity index (χ3v) is 12.4. The van der Waals surface area contributed by atoms with Gasteiger partial charge in [0.15, 0.2) is 61.6 Å². The Hall–Kier alpha value is -3.46. The first kappa shape index (κ1) is 53.9. The molecular weight excluding hydrogens is 930 g/mol. The summed E-state index contributed by atoms with van der Waals surface area (Å²) in [4.78, 5) is 49.3. The molecule has 6 rings (SSSR count). The van der Waals surface area contributed by atoms with E-state index in [0.29, 0.717) is 0 Å². The predicted molar refractivity (Wildman–Crippen MR) is 209 cm³/mol. The minimum absolute atomic E-state index is 0.0631. The van der Waals surface area contributed by atoms with E-state index in [0.717, 1.165) is 6.92 Å². The van der Waals surface area contributed by atoms with E-state index in [1.54, 1.807) is 0 Å². The van der Waals surface area contributed by atoms with Crippen LogP contribution in [0.25, 0.3) is 0 Å². The number of aliphatic hydroxyl groups excluding tert-OH is 11. The van der Waals surface area contributed by atoms with Gasteiger partial charge in [-0.15, -0.1) is 0 Å². The summed E-state index contributed by atoms with van der Waals surface area (Å²) in [6, 6.07) is -3.42. The molecule has 388 valence electrons. The minimum Gasteiger partial charge on any atom is -0.510 e. The van der Waals surface area contributed by atoms with Crippen molar-refractivity contribution in [1.29, 1.82) is 0 Å². The molecule has 0 aromatic rings. The van der Waals surface area contributed by atoms with Gasteiger partial charge in [0.2, 0.25) is 5.91 Å². The summed E-state index contributed by atoms with van der Waals surface area (Å²) >= 11 is 0. The summed E-state index contributed by atoms with van der Waals surface area (Å²) in [5.74, 6) is -3.57. The lowest BCUT2D eigenvalue weighted by atomic mass is 9.85. The van der Waals surface area contributed by atoms with Crippen LogP contribution in [0.2, 0.25) is 0 Å². The Balaban J connectivity index is 1.20. The molecule has 5 fully saturated rings. The average Bonchev–Trinajstić information content (AvgIpc) is 3.59. The molecule has 0 radical (unpaired) electrons. The molecule has 0 bridgehead atoms. The normalized spacial score (nSPS) is 48.0. The summed E-state index contributed by atoms with van der Waals surface area (Å²) in [7, 11) is 0. The summed E-state index contributed by atoms with van der Waals surface area (Å²) in [6.45, 7) is 0.568. The second-order valence-corrected chi connectivity index (χ2v) is 17.2. The topological polar surface area (TPSA) is 519 Å². The van der Waals surface area contributed by atoms with Gasteiger partial charge < -0.3 is 137 Å². The van der Waals surface area contributed by atoms with E-state index in [-0.39, 0.29) is 12.8 Å². The fourth-order valence-electron chi connectivity index (χ4n) is 8.52. The van der Waals surface area contributed by atoms with Gasteiger partial charge in [0.05, 0.1) is 31.4 Å². The van der Waals surface area contributed by atoms with Gasteiger partial charge in [0.25, 0.3) is 5.91 Å². The van der Waals surface area contributed by atoms with Crippen LogP contribution in [-0.4, -0.2) is 251 Å². The van der Waals surface area contributed by atoms with Gasteiger partial charge in [-0.05, 0) is 13.8 Å². The molecule has 25 unspecified atom stereocenters. The van der Waals surface area contributed by atoms with Crippen molar-refractivity contribution in [2.45, 2.75) is 180 Å². The van der Waals surface area contributed by atoms with Crippen LogP contribution in [0.3, 0.4) is 0 Å². The van der Waals surface area contributed by atoms with Crippen molar-refractivity contribution >= 4 is 23.7 Å². The van der Waals surface area contributed by atoms with Crippen molar-refractivity contribution in [3.8, 4) is 0 Å². The third-order valence-electron chi connectivity index (χ3n) is 12.4. The van der Waals surface area contributed by atoms with E-state index >= 15 is 0 Å². The summed E-state index contributed by atoms with van der Waals surface area (Å²) in [6.07, 6.45) is -43.0. The first-order valence-corrected chi connectivity index (χ1v) is 21.1. The van der Waals surface area contributed by atoms with E-state index in [1.807, 2.05) is 0 Å². The molecule has 31 heteroatoms. The smallest absolute Gasteiger partial charge is 0.404 e. The number of primary amides is 2. The van der Waals surface area contributed by atoms with Crippen molar-refractivity contribution in [3.63, 3.8) is 0 Å². The zero-order chi connectivity index (χ0) is 50.4. The van der Waals surface area contributed by atoms with Crippen LogP contribution in [0.4, 0.5) is 4.79 Å². The number of amides is 3. The van der Waals surface area contributed by atoms with Crippen LogP contribution in [0, 0.1) is 0 Å². The molecule has 0 aromatic carbocycles. The molecule has 31 nitrogen and oxygen atoms in total. The van der Waals surface area contributed by atoms with Crippen molar-refractivity contribution < 1.29 is 128 Å². The molecule has 21 N–H and O–H groups in total. The Labute approximate surface area is 383 Å². The van der Waals surface area contributed by atoms with Gasteiger partial charge in [-0.1, -0.05) is 0 Å². The third kappa shape index (κ3) is 10.7. The molecule has 3 amide bonds. The SMILES string of the molecule is CC1OC(OC2C(COC3OC(CO)C(O)C(O)C3O)OC(OC3C(O)OC(C(N)=O)C(C)(O)C3OC(N)=O)C(N)C2O)C(N)C(O)C1OC1OC(C(=O)NC2=C(O)CCC2=O)C(O)C(O)C1O. The van der Waals surface area contributed by atoms with Gasteiger partial charge in [-0.3, -0.25) is 14.4 Å². The largest absolute Gasteiger partial charge is 0.510 e. The second-order valence-electron chi connectivity index (χ2n) is 17.2. The molecule has 25 atom stereocenters. The number of ether oxygens (including phenoxy) is 10. The Bertz CT molecular complexity index is 1850. The van der Waals surface area contributed by atoms with Gasteiger partial charge in [-0.2, -0.15) is 0 Å². The van der Waals surface area contributed by atoms with Crippen LogP contribution in [0.1, 0.15) is 26.7 Å². The van der Waals surface area contributed by atoms with Gasteiger partial charge in [0, 0.05) is 12.8 Å². The molecule has 1 aliphatic carbocycles. The van der Waals surface area contributed by atoms with Gasteiger partial charge in [0.1, 0.15) is 90.3 Å². The number of rotatable bonds is 14. The van der Waals surface area contributed by atoms with Gasteiger partial charge >= 0.3 is 6.09 Å². The molecule has 6 aliphatic rings. The van der Waals surface area contributed by atoms with E-state index in [9.17, 15) is 80.5 Å². The van der Waals surface area contributed by atoms with E-state index in [1.165, 1.54) is 6.92 Å². The van der Waals surface area contributed by atoms with Crippen LogP contribution < -0.4 is 28.3 Å². The molecule has 0 spiro atoms. The highest BCUT2D eigenvalue weighted by Gasteiger charge is 2.60. The molecule has 5 heterocycles. The molecule has 5 saturated heterocycles. The van der Waals surface area contributed by atoms with E-state index < -0.39 is 201 Å². The second kappa shape index (κ2) is 21.5. The Kier molecular flexibility index (Phi) is 17.0. The maximum Gasteiger partial charge on any atom is 0.404 e.